The molecule has 4 nitrogen and oxygen atoms in total. The molecule has 0 aromatic carbocycles. The van der Waals surface area contributed by atoms with Crippen molar-refractivity contribution >= 4 is 5.91 Å². The summed E-state index contributed by atoms with van der Waals surface area (Å²) in [6, 6.07) is 0. The molecule has 2 heterocycles. The van der Waals surface area contributed by atoms with Gasteiger partial charge < -0.3 is 15.0 Å². The molecule has 0 bridgehead atoms. The van der Waals surface area contributed by atoms with Crippen molar-refractivity contribution in [3.05, 3.63) is 12.7 Å². The number of piperidine rings is 1. The van der Waals surface area contributed by atoms with E-state index >= 15 is 0 Å². The number of carbonyl (C=O) groups excluding carboxylic acids is 1. The summed E-state index contributed by atoms with van der Waals surface area (Å²) in [6.45, 7) is 13.4. The Kier molecular flexibility index (Phi) is 6.85. The molecule has 2 aliphatic heterocycles. The lowest BCUT2D eigenvalue weighted by atomic mass is 9.72. The molecule has 0 radical (unpaired) electrons. The van der Waals surface area contributed by atoms with Gasteiger partial charge in [-0.3, -0.25) is 4.79 Å². The summed E-state index contributed by atoms with van der Waals surface area (Å²) >= 11 is 0. The average Bonchev–Trinajstić information content (AvgIpc) is 2.78. The molecule has 1 saturated carbocycles. The van der Waals surface area contributed by atoms with Crippen LogP contribution in [0.4, 0.5) is 0 Å². The van der Waals surface area contributed by atoms with Gasteiger partial charge in [0.1, 0.15) is 5.72 Å². The van der Waals surface area contributed by atoms with Crippen molar-refractivity contribution in [2.45, 2.75) is 134 Å². The van der Waals surface area contributed by atoms with Crippen LogP contribution in [0.25, 0.3) is 0 Å². The Balaban J connectivity index is 1.92. The van der Waals surface area contributed by atoms with E-state index in [-0.39, 0.29) is 17.0 Å². The zero-order valence-corrected chi connectivity index (χ0v) is 19.4. The second kappa shape index (κ2) is 8.70. The quantitative estimate of drug-likeness (QED) is 0.599. The fourth-order valence-electron chi connectivity index (χ4n) is 6.53. The zero-order valence-electron chi connectivity index (χ0n) is 19.4. The van der Waals surface area contributed by atoms with Gasteiger partial charge in [0.2, 0.25) is 0 Å². The summed E-state index contributed by atoms with van der Waals surface area (Å²) < 4.78 is 7.06. The van der Waals surface area contributed by atoms with Gasteiger partial charge in [-0.25, -0.2) is 0 Å². The molecule has 0 unspecified atom stereocenters. The van der Waals surface area contributed by atoms with E-state index in [0.717, 1.165) is 38.5 Å². The Bertz CT molecular complexity index is 568. The molecule has 1 aliphatic carbocycles. The number of rotatable bonds is 2. The summed E-state index contributed by atoms with van der Waals surface area (Å²) in [7, 11) is 0. The van der Waals surface area contributed by atoms with Crippen LogP contribution in [0.5, 0.6) is 0 Å². The fourth-order valence-corrected chi connectivity index (χ4v) is 6.53. The third kappa shape index (κ3) is 5.07. The van der Waals surface area contributed by atoms with Crippen molar-refractivity contribution in [2.24, 2.45) is 0 Å². The van der Waals surface area contributed by atoms with Gasteiger partial charge in [-0.1, -0.05) is 51.0 Å². The van der Waals surface area contributed by atoms with Gasteiger partial charge in [0, 0.05) is 30.5 Å². The number of nitrogens with one attached hydrogen (secondary N) is 1. The number of amides is 1. The second-order valence-corrected chi connectivity index (χ2v) is 11.2. The number of nitrogens with zero attached hydrogens (tertiary/aromatic N) is 1. The highest BCUT2D eigenvalue weighted by atomic mass is 16.6. The van der Waals surface area contributed by atoms with Crippen molar-refractivity contribution in [3.63, 3.8) is 0 Å². The molecule has 1 amide bonds. The van der Waals surface area contributed by atoms with Crippen LogP contribution in [-0.4, -0.2) is 39.8 Å². The van der Waals surface area contributed by atoms with Crippen LogP contribution in [0.2, 0.25) is 0 Å². The highest BCUT2D eigenvalue weighted by Crippen LogP contribution is 2.50. The van der Waals surface area contributed by atoms with Gasteiger partial charge >= 0.3 is 0 Å². The lowest BCUT2D eigenvalue weighted by molar-refractivity contribution is -0.175. The molecular formula is C25H44N2O2. The Morgan fingerprint density at radius 3 is 1.79 bits per heavy atom. The summed E-state index contributed by atoms with van der Waals surface area (Å²) in [5.74, 6) is 0.201. The number of hydrogen-bond donors (Lipinski definition) is 1. The third-order valence-corrected chi connectivity index (χ3v) is 7.09. The van der Waals surface area contributed by atoms with E-state index in [1.807, 2.05) is 6.08 Å². The highest BCUT2D eigenvalue weighted by Gasteiger charge is 2.63. The van der Waals surface area contributed by atoms with Crippen molar-refractivity contribution in [1.29, 1.82) is 0 Å². The van der Waals surface area contributed by atoms with E-state index in [4.69, 9.17) is 4.74 Å². The lowest BCUT2D eigenvalue weighted by Gasteiger charge is -2.50. The average molecular weight is 405 g/mol. The predicted molar refractivity (Wildman–Crippen MR) is 120 cm³/mol. The van der Waals surface area contributed by atoms with Crippen LogP contribution in [0.3, 0.4) is 0 Å². The summed E-state index contributed by atoms with van der Waals surface area (Å²) in [5, 5.41) is 3.73. The normalized spacial score (nSPS) is 29.4. The maximum absolute atomic E-state index is 13.9. The monoisotopic (exact) mass is 404 g/mol. The van der Waals surface area contributed by atoms with Gasteiger partial charge in [-0.05, 0) is 53.4 Å². The molecule has 0 atom stereocenters. The summed E-state index contributed by atoms with van der Waals surface area (Å²) in [6.07, 6.45) is 16.7. The fraction of sp³-hybridized carbons (Fsp3) is 0.880. The SMILES string of the molecule is C=CCN1C(=O)C2(CC(C)(C)NC(C)(C)C2)OC12CCCCCCCCCCC2. The Morgan fingerprint density at radius 2 is 1.34 bits per heavy atom. The smallest absolute Gasteiger partial charge is 0.257 e. The Labute approximate surface area is 178 Å². The van der Waals surface area contributed by atoms with Crippen LogP contribution in [0.1, 0.15) is 111 Å². The molecule has 2 spiro atoms. The van der Waals surface area contributed by atoms with Crippen LogP contribution >= 0.6 is 0 Å². The third-order valence-electron chi connectivity index (χ3n) is 7.09. The van der Waals surface area contributed by atoms with E-state index in [1.165, 1.54) is 44.9 Å². The van der Waals surface area contributed by atoms with Crippen molar-refractivity contribution in [3.8, 4) is 0 Å². The Hall–Kier alpha value is -0.870. The number of carbonyl (C=O) groups is 1. The Morgan fingerprint density at radius 1 is 0.897 bits per heavy atom. The predicted octanol–water partition coefficient (Wildman–Crippen LogP) is 5.71. The van der Waals surface area contributed by atoms with Gasteiger partial charge in [-0.15, -0.1) is 6.58 Å². The summed E-state index contributed by atoms with van der Waals surface area (Å²) in [4.78, 5) is 16.0. The molecule has 3 rings (SSSR count). The van der Waals surface area contributed by atoms with Gasteiger partial charge in [0.15, 0.2) is 5.60 Å². The molecule has 0 aromatic rings. The molecule has 1 N–H and O–H groups in total. The maximum Gasteiger partial charge on any atom is 0.257 e. The van der Waals surface area contributed by atoms with Crippen LogP contribution in [0.15, 0.2) is 12.7 Å². The zero-order chi connectivity index (χ0) is 21.2. The standard InChI is InChI=1S/C25H44N2O2/c1-6-18-27-21(28)24(19-22(2,3)26-23(4,5)20-24)29-25(27)16-14-12-10-8-7-9-11-13-15-17-25/h6,26H,1,7-20H2,2-5H3. The summed E-state index contributed by atoms with van der Waals surface area (Å²) in [5.41, 5.74) is -1.42. The second-order valence-electron chi connectivity index (χ2n) is 11.2. The lowest BCUT2D eigenvalue weighted by Crippen LogP contribution is -2.65. The molecule has 4 heteroatoms. The minimum Gasteiger partial charge on any atom is -0.339 e. The first-order valence-electron chi connectivity index (χ1n) is 12.1. The van der Waals surface area contributed by atoms with E-state index in [2.05, 4.69) is 44.5 Å². The molecule has 29 heavy (non-hydrogen) atoms. The highest BCUT2D eigenvalue weighted by molar-refractivity contribution is 5.88. The maximum atomic E-state index is 13.9. The van der Waals surface area contributed by atoms with Crippen molar-refractivity contribution in [1.82, 2.24) is 10.2 Å². The van der Waals surface area contributed by atoms with Crippen LogP contribution in [0, 0.1) is 0 Å². The van der Waals surface area contributed by atoms with E-state index < -0.39 is 11.3 Å². The van der Waals surface area contributed by atoms with E-state index in [9.17, 15) is 4.79 Å². The number of hydrogen-bond acceptors (Lipinski definition) is 3. The molecule has 3 fully saturated rings. The first kappa shape index (κ1) is 22.8. The van der Waals surface area contributed by atoms with Crippen LogP contribution < -0.4 is 5.32 Å². The minimum absolute atomic E-state index is 0.131. The van der Waals surface area contributed by atoms with Gasteiger partial charge in [-0.2, -0.15) is 0 Å². The topological polar surface area (TPSA) is 41.6 Å². The largest absolute Gasteiger partial charge is 0.339 e. The van der Waals surface area contributed by atoms with Gasteiger partial charge in [0.25, 0.3) is 5.91 Å². The first-order valence-corrected chi connectivity index (χ1v) is 12.1. The molecule has 3 aliphatic rings. The van der Waals surface area contributed by atoms with E-state index in [0.29, 0.717) is 6.54 Å². The molecular weight excluding hydrogens is 360 g/mol. The van der Waals surface area contributed by atoms with Crippen LogP contribution in [-0.2, 0) is 9.53 Å². The van der Waals surface area contributed by atoms with Crippen molar-refractivity contribution < 1.29 is 9.53 Å². The van der Waals surface area contributed by atoms with Gasteiger partial charge in [0.05, 0.1) is 0 Å². The molecule has 166 valence electrons. The molecule has 0 aromatic heterocycles. The molecule has 2 saturated heterocycles. The minimum atomic E-state index is -0.710. The first-order chi connectivity index (χ1) is 13.6. The van der Waals surface area contributed by atoms with E-state index in [1.54, 1.807) is 0 Å². The van der Waals surface area contributed by atoms with Crippen molar-refractivity contribution in [2.75, 3.05) is 6.54 Å². The number of ether oxygens (including phenoxy) is 1.